The van der Waals surface area contributed by atoms with Crippen molar-refractivity contribution in [2.45, 2.75) is 18.3 Å². The SMILES string of the molecule is CNc1ncc(C(=O)N2CCC(c3ccccc3)(c3cn4cc(F)ccc4n3)CC2)cn1. The molecule has 162 valence electrons. The van der Waals surface area contributed by atoms with Crippen molar-refractivity contribution in [3.05, 3.63) is 89.9 Å². The third-order valence-corrected chi connectivity index (χ3v) is 6.26. The van der Waals surface area contributed by atoms with Crippen LogP contribution in [-0.4, -0.2) is 50.3 Å². The van der Waals surface area contributed by atoms with Crippen molar-refractivity contribution in [1.82, 2.24) is 24.3 Å². The number of carbonyl (C=O) groups is 1. The monoisotopic (exact) mass is 430 g/mol. The third kappa shape index (κ3) is 3.47. The van der Waals surface area contributed by atoms with Crippen LogP contribution in [-0.2, 0) is 5.41 Å². The van der Waals surface area contributed by atoms with Gasteiger partial charge in [-0.1, -0.05) is 30.3 Å². The predicted octanol–water partition coefficient (Wildman–Crippen LogP) is 3.53. The second kappa shape index (κ2) is 8.03. The summed E-state index contributed by atoms with van der Waals surface area (Å²) in [4.78, 5) is 28.0. The van der Waals surface area contributed by atoms with E-state index in [1.807, 2.05) is 29.3 Å². The number of aromatic nitrogens is 4. The summed E-state index contributed by atoms with van der Waals surface area (Å²) in [6, 6.07) is 13.3. The molecule has 5 rings (SSSR count). The quantitative estimate of drug-likeness (QED) is 0.536. The van der Waals surface area contributed by atoms with E-state index in [1.54, 1.807) is 29.9 Å². The number of rotatable bonds is 4. The standard InChI is InChI=1S/C24H23FN6O/c1-26-23-27-13-17(14-28-23)22(32)30-11-9-24(10-12-30,18-5-3-2-4-6-18)20-16-31-15-19(25)7-8-21(31)29-20/h2-8,13-16H,9-12H2,1H3,(H,26,27,28). The maximum Gasteiger partial charge on any atom is 0.256 e. The van der Waals surface area contributed by atoms with Crippen LogP contribution in [0.15, 0.2) is 67.3 Å². The van der Waals surface area contributed by atoms with Crippen molar-refractivity contribution >= 4 is 17.5 Å². The molecule has 8 heteroatoms. The maximum absolute atomic E-state index is 13.7. The van der Waals surface area contributed by atoms with Gasteiger partial charge in [0.25, 0.3) is 5.91 Å². The molecule has 3 aromatic heterocycles. The number of nitrogens with one attached hydrogen (secondary N) is 1. The number of hydrogen-bond acceptors (Lipinski definition) is 5. The minimum atomic E-state index is -0.354. The highest BCUT2D eigenvalue weighted by Gasteiger charge is 2.41. The summed E-state index contributed by atoms with van der Waals surface area (Å²) in [5.41, 5.74) is 2.87. The molecular weight excluding hydrogens is 407 g/mol. The van der Waals surface area contributed by atoms with Gasteiger partial charge in [-0.3, -0.25) is 4.79 Å². The molecule has 0 spiro atoms. The number of anilines is 1. The van der Waals surface area contributed by atoms with Crippen LogP contribution in [0, 0.1) is 5.82 Å². The lowest BCUT2D eigenvalue weighted by Gasteiger charge is -2.41. The number of nitrogens with zero attached hydrogens (tertiary/aromatic N) is 5. The van der Waals surface area contributed by atoms with Gasteiger partial charge in [0.2, 0.25) is 5.95 Å². The van der Waals surface area contributed by atoms with Gasteiger partial charge in [0, 0.05) is 50.3 Å². The van der Waals surface area contributed by atoms with Crippen LogP contribution >= 0.6 is 0 Å². The lowest BCUT2D eigenvalue weighted by atomic mass is 9.70. The Morgan fingerprint density at radius 1 is 1.03 bits per heavy atom. The van der Waals surface area contributed by atoms with Crippen molar-refractivity contribution in [3.8, 4) is 0 Å². The normalized spacial score (nSPS) is 15.6. The second-order valence-corrected chi connectivity index (χ2v) is 8.02. The molecule has 1 fully saturated rings. The third-order valence-electron chi connectivity index (χ3n) is 6.26. The largest absolute Gasteiger partial charge is 0.357 e. The van der Waals surface area contributed by atoms with Gasteiger partial charge < -0.3 is 14.6 Å². The number of amides is 1. The van der Waals surface area contributed by atoms with Gasteiger partial charge in [-0.2, -0.15) is 0 Å². The first-order chi connectivity index (χ1) is 15.6. The predicted molar refractivity (Wildman–Crippen MR) is 119 cm³/mol. The van der Waals surface area contributed by atoms with Crippen LogP contribution < -0.4 is 5.32 Å². The van der Waals surface area contributed by atoms with Crippen LogP contribution in [0.1, 0.15) is 34.5 Å². The minimum absolute atomic E-state index is 0.0774. The summed E-state index contributed by atoms with van der Waals surface area (Å²) in [5, 5.41) is 2.85. The van der Waals surface area contributed by atoms with Crippen molar-refractivity contribution in [2.24, 2.45) is 0 Å². The van der Waals surface area contributed by atoms with Crippen molar-refractivity contribution in [1.29, 1.82) is 0 Å². The molecular formula is C24H23FN6O. The van der Waals surface area contributed by atoms with Gasteiger partial charge in [-0.05, 0) is 30.5 Å². The smallest absolute Gasteiger partial charge is 0.256 e. The average Bonchev–Trinajstić information content (AvgIpc) is 3.28. The first-order valence-electron chi connectivity index (χ1n) is 10.6. The Labute approximate surface area is 185 Å². The number of piperidine rings is 1. The van der Waals surface area contributed by atoms with Crippen LogP contribution in [0.3, 0.4) is 0 Å². The molecule has 0 atom stereocenters. The number of pyridine rings is 1. The molecule has 1 aliphatic rings. The van der Waals surface area contributed by atoms with E-state index in [0.717, 1.165) is 11.3 Å². The fourth-order valence-electron chi connectivity index (χ4n) is 4.49. The first-order valence-corrected chi connectivity index (χ1v) is 10.6. The number of likely N-dealkylation sites (tertiary alicyclic amines) is 1. The Morgan fingerprint density at radius 2 is 1.75 bits per heavy atom. The number of fused-ring (bicyclic) bond motifs is 1. The molecule has 7 nitrogen and oxygen atoms in total. The van der Waals surface area contributed by atoms with Gasteiger partial charge in [-0.25, -0.2) is 19.3 Å². The Bertz CT molecular complexity index is 1250. The summed E-state index contributed by atoms with van der Waals surface area (Å²) in [6.45, 7) is 1.15. The molecule has 1 N–H and O–H groups in total. The van der Waals surface area contributed by atoms with Crippen molar-refractivity contribution in [3.63, 3.8) is 0 Å². The van der Waals surface area contributed by atoms with Gasteiger partial charge in [-0.15, -0.1) is 0 Å². The summed E-state index contributed by atoms with van der Waals surface area (Å²) in [6.07, 6.45) is 7.88. The van der Waals surface area contributed by atoms with Crippen LogP contribution in [0.5, 0.6) is 0 Å². The van der Waals surface area contributed by atoms with E-state index in [1.165, 1.54) is 12.3 Å². The number of carbonyl (C=O) groups excluding carboxylic acids is 1. The number of halogens is 1. The maximum atomic E-state index is 13.7. The zero-order valence-electron chi connectivity index (χ0n) is 17.7. The summed E-state index contributed by atoms with van der Waals surface area (Å²) in [7, 11) is 1.73. The highest BCUT2D eigenvalue weighted by molar-refractivity contribution is 5.93. The molecule has 4 heterocycles. The zero-order valence-corrected chi connectivity index (χ0v) is 17.7. The lowest BCUT2D eigenvalue weighted by molar-refractivity contribution is 0.0683. The van der Waals surface area contributed by atoms with Gasteiger partial charge in [0.1, 0.15) is 11.5 Å². The van der Waals surface area contributed by atoms with Crippen molar-refractivity contribution in [2.75, 3.05) is 25.5 Å². The molecule has 1 aliphatic heterocycles. The fourth-order valence-corrected chi connectivity index (χ4v) is 4.49. The van der Waals surface area contributed by atoms with E-state index in [9.17, 15) is 9.18 Å². The number of benzene rings is 1. The number of imidazole rings is 1. The molecule has 0 aliphatic carbocycles. The lowest BCUT2D eigenvalue weighted by Crippen LogP contribution is -2.46. The Hall–Kier alpha value is -3.81. The van der Waals surface area contributed by atoms with E-state index >= 15 is 0 Å². The Balaban J connectivity index is 1.46. The molecule has 1 saturated heterocycles. The molecule has 1 aromatic carbocycles. The highest BCUT2D eigenvalue weighted by Crippen LogP contribution is 2.41. The van der Waals surface area contributed by atoms with E-state index in [2.05, 4.69) is 27.4 Å². The van der Waals surface area contributed by atoms with Gasteiger partial charge >= 0.3 is 0 Å². The van der Waals surface area contributed by atoms with Gasteiger partial charge in [0.05, 0.1) is 11.3 Å². The van der Waals surface area contributed by atoms with Crippen LogP contribution in [0.2, 0.25) is 0 Å². The minimum Gasteiger partial charge on any atom is -0.357 e. The molecule has 1 amide bonds. The first kappa shape index (κ1) is 20.1. The van der Waals surface area contributed by atoms with Crippen molar-refractivity contribution < 1.29 is 9.18 Å². The molecule has 0 radical (unpaired) electrons. The van der Waals surface area contributed by atoms with E-state index in [4.69, 9.17) is 4.98 Å². The Morgan fingerprint density at radius 3 is 2.44 bits per heavy atom. The highest BCUT2D eigenvalue weighted by atomic mass is 19.1. The molecule has 4 aromatic rings. The molecule has 0 saturated carbocycles. The topological polar surface area (TPSA) is 75.4 Å². The second-order valence-electron chi connectivity index (χ2n) is 8.02. The molecule has 32 heavy (non-hydrogen) atoms. The number of hydrogen-bond donors (Lipinski definition) is 1. The molecule has 0 unspecified atom stereocenters. The summed E-state index contributed by atoms with van der Waals surface area (Å²) >= 11 is 0. The fraction of sp³-hybridized carbons (Fsp3) is 0.250. The summed E-state index contributed by atoms with van der Waals surface area (Å²) < 4.78 is 15.5. The van der Waals surface area contributed by atoms with Crippen LogP contribution in [0.25, 0.3) is 5.65 Å². The van der Waals surface area contributed by atoms with E-state index in [-0.39, 0.29) is 17.1 Å². The van der Waals surface area contributed by atoms with E-state index < -0.39 is 0 Å². The molecule has 0 bridgehead atoms. The Kier molecular flexibility index (Phi) is 5.05. The zero-order chi connectivity index (χ0) is 22.1. The van der Waals surface area contributed by atoms with E-state index in [0.29, 0.717) is 43.1 Å². The van der Waals surface area contributed by atoms with Crippen LogP contribution in [0.4, 0.5) is 10.3 Å². The summed E-state index contributed by atoms with van der Waals surface area (Å²) in [5.74, 6) is 0.0973. The average molecular weight is 430 g/mol. The van der Waals surface area contributed by atoms with Gasteiger partial charge in [0.15, 0.2) is 0 Å².